The molecular weight excluding hydrogens is 284 g/mol. The molecule has 21 heavy (non-hydrogen) atoms. The summed E-state index contributed by atoms with van der Waals surface area (Å²) in [5.41, 5.74) is 1.68. The molecule has 0 spiro atoms. The maximum atomic E-state index is 12.0. The first-order chi connectivity index (χ1) is 9.77. The molecule has 1 amide bonds. The molecule has 2 N–H and O–H groups in total. The Balaban J connectivity index is 0.00000161. The normalized spacial score (nSPS) is 20.4. The van der Waals surface area contributed by atoms with Crippen LogP contribution in [0.25, 0.3) is 0 Å². The fraction of sp³-hybridized carbons (Fsp3) is 0.588. The summed E-state index contributed by atoms with van der Waals surface area (Å²) in [6.45, 7) is 2.53. The van der Waals surface area contributed by atoms with Crippen molar-refractivity contribution in [3.8, 4) is 0 Å². The monoisotopic (exact) mass is 308 g/mol. The van der Waals surface area contributed by atoms with Gasteiger partial charge in [0.05, 0.1) is 5.92 Å². The standard InChI is InChI=1S/C17H24N2O.ClH/c20-16(15-11-18-12-15)19-13-17(8-4-5-9-17)10-14-6-2-1-3-7-14;/h1-3,6-7,15,18H,4-5,8-13H2,(H,19,20);1H. The number of amides is 1. The highest BCUT2D eigenvalue weighted by atomic mass is 35.5. The zero-order chi connectivity index (χ0) is 13.8. The maximum absolute atomic E-state index is 12.0. The Labute approximate surface area is 133 Å². The van der Waals surface area contributed by atoms with Crippen LogP contribution in [0.1, 0.15) is 31.2 Å². The van der Waals surface area contributed by atoms with Crippen molar-refractivity contribution in [2.24, 2.45) is 11.3 Å². The first kappa shape index (κ1) is 16.3. The fourth-order valence-electron chi connectivity index (χ4n) is 3.46. The molecule has 1 aromatic rings. The summed E-state index contributed by atoms with van der Waals surface area (Å²) < 4.78 is 0. The van der Waals surface area contributed by atoms with Crippen molar-refractivity contribution in [2.45, 2.75) is 32.1 Å². The highest BCUT2D eigenvalue weighted by Gasteiger charge is 2.35. The van der Waals surface area contributed by atoms with Gasteiger partial charge >= 0.3 is 0 Å². The van der Waals surface area contributed by atoms with Crippen LogP contribution >= 0.6 is 12.4 Å². The largest absolute Gasteiger partial charge is 0.355 e. The predicted octanol–water partition coefficient (Wildman–Crippen LogP) is 2.55. The van der Waals surface area contributed by atoms with Crippen LogP contribution < -0.4 is 10.6 Å². The van der Waals surface area contributed by atoms with Crippen molar-refractivity contribution in [3.63, 3.8) is 0 Å². The summed E-state index contributed by atoms with van der Waals surface area (Å²) in [6, 6.07) is 10.7. The minimum atomic E-state index is 0. The van der Waals surface area contributed by atoms with Gasteiger partial charge in [-0.1, -0.05) is 43.2 Å². The van der Waals surface area contributed by atoms with Gasteiger partial charge in [-0.25, -0.2) is 0 Å². The summed E-state index contributed by atoms with van der Waals surface area (Å²) in [5, 5.41) is 6.37. The van der Waals surface area contributed by atoms with Crippen LogP contribution in [0, 0.1) is 11.3 Å². The Morgan fingerprint density at radius 3 is 2.43 bits per heavy atom. The van der Waals surface area contributed by atoms with E-state index in [0.29, 0.717) is 0 Å². The minimum absolute atomic E-state index is 0. The van der Waals surface area contributed by atoms with E-state index in [9.17, 15) is 4.79 Å². The number of nitrogens with one attached hydrogen (secondary N) is 2. The van der Waals surface area contributed by atoms with Gasteiger partial charge in [0.2, 0.25) is 5.91 Å². The van der Waals surface area contributed by atoms with Crippen molar-refractivity contribution in [1.82, 2.24) is 10.6 Å². The molecule has 2 fully saturated rings. The lowest BCUT2D eigenvalue weighted by Gasteiger charge is -2.32. The van der Waals surface area contributed by atoms with Crippen molar-refractivity contribution in [1.29, 1.82) is 0 Å². The van der Waals surface area contributed by atoms with Gasteiger partial charge in [0.1, 0.15) is 0 Å². The second-order valence-electron chi connectivity index (χ2n) is 6.44. The van der Waals surface area contributed by atoms with Gasteiger partial charge in [0.25, 0.3) is 0 Å². The van der Waals surface area contributed by atoms with Crippen molar-refractivity contribution < 1.29 is 4.79 Å². The van der Waals surface area contributed by atoms with E-state index in [1.807, 2.05) is 0 Å². The van der Waals surface area contributed by atoms with Crippen LogP contribution in [0.2, 0.25) is 0 Å². The van der Waals surface area contributed by atoms with Gasteiger partial charge in [-0.15, -0.1) is 12.4 Å². The molecule has 1 aromatic carbocycles. The van der Waals surface area contributed by atoms with E-state index in [4.69, 9.17) is 0 Å². The SMILES string of the molecule is Cl.O=C(NCC1(Cc2ccccc2)CCCC1)C1CNC1. The number of rotatable bonds is 5. The van der Waals surface area contributed by atoms with E-state index in [2.05, 4.69) is 41.0 Å². The molecule has 0 aromatic heterocycles. The lowest BCUT2D eigenvalue weighted by Crippen LogP contribution is -2.52. The number of benzene rings is 1. The van der Waals surface area contributed by atoms with Crippen LogP contribution in [0.15, 0.2) is 30.3 Å². The molecule has 3 rings (SSSR count). The zero-order valence-electron chi connectivity index (χ0n) is 12.4. The second kappa shape index (κ2) is 7.28. The third-order valence-electron chi connectivity index (χ3n) is 4.88. The summed E-state index contributed by atoms with van der Waals surface area (Å²) >= 11 is 0. The number of carbonyl (C=O) groups excluding carboxylic acids is 1. The van der Waals surface area contributed by atoms with Crippen molar-refractivity contribution in [2.75, 3.05) is 19.6 Å². The molecule has 116 valence electrons. The van der Waals surface area contributed by atoms with E-state index in [1.54, 1.807) is 0 Å². The minimum Gasteiger partial charge on any atom is -0.355 e. The lowest BCUT2D eigenvalue weighted by atomic mass is 9.79. The summed E-state index contributed by atoms with van der Waals surface area (Å²) in [5.74, 6) is 0.438. The van der Waals surface area contributed by atoms with Crippen LogP contribution in [0.4, 0.5) is 0 Å². The maximum Gasteiger partial charge on any atom is 0.225 e. The molecule has 1 saturated heterocycles. The molecule has 0 unspecified atom stereocenters. The third-order valence-corrected chi connectivity index (χ3v) is 4.88. The molecular formula is C17H25ClN2O. The van der Waals surface area contributed by atoms with E-state index >= 15 is 0 Å². The molecule has 1 saturated carbocycles. The topological polar surface area (TPSA) is 41.1 Å². The Morgan fingerprint density at radius 2 is 1.86 bits per heavy atom. The van der Waals surface area contributed by atoms with Crippen molar-refractivity contribution in [3.05, 3.63) is 35.9 Å². The average molecular weight is 309 g/mol. The van der Waals surface area contributed by atoms with E-state index in [0.717, 1.165) is 26.1 Å². The smallest absolute Gasteiger partial charge is 0.225 e. The number of hydrogen-bond donors (Lipinski definition) is 2. The predicted molar refractivity (Wildman–Crippen MR) is 87.7 cm³/mol. The van der Waals surface area contributed by atoms with Crippen LogP contribution in [-0.2, 0) is 11.2 Å². The van der Waals surface area contributed by atoms with E-state index in [-0.39, 0.29) is 29.6 Å². The molecule has 2 aliphatic rings. The Kier molecular flexibility index (Phi) is 5.65. The summed E-state index contributed by atoms with van der Waals surface area (Å²) in [7, 11) is 0. The number of hydrogen-bond acceptors (Lipinski definition) is 2. The van der Waals surface area contributed by atoms with Crippen LogP contribution in [0.3, 0.4) is 0 Å². The van der Waals surface area contributed by atoms with E-state index in [1.165, 1.54) is 31.2 Å². The third kappa shape index (κ3) is 3.98. The summed E-state index contributed by atoms with van der Waals surface area (Å²) in [4.78, 5) is 12.0. The lowest BCUT2D eigenvalue weighted by molar-refractivity contribution is -0.126. The van der Waals surface area contributed by atoms with Crippen LogP contribution in [-0.4, -0.2) is 25.5 Å². The van der Waals surface area contributed by atoms with Crippen LogP contribution in [0.5, 0.6) is 0 Å². The second-order valence-corrected chi connectivity index (χ2v) is 6.44. The van der Waals surface area contributed by atoms with Gasteiger partial charge in [-0.2, -0.15) is 0 Å². The highest BCUT2D eigenvalue weighted by Crippen LogP contribution is 2.40. The number of carbonyl (C=O) groups is 1. The van der Waals surface area contributed by atoms with Gasteiger partial charge in [-0.3, -0.25) is 4.79 Å². The molecule has 0 radical (unpaired) electrons. The van der Waals surface area contributed by atoms with E-state index < -0.39 is 0 Å². The molecule has 3 nitrogen and oxygen atoms in total. The van der Waals surface area contributed by atoms with Crippen molar-refractivity contribution >= 4 is 18.3 Å². The molecule has 1 aliphatic carbocycles. The Bertz CT molecular complexity index is 453. The summed E-state index contributed by atoms with van der Waals surface area (Å²) in [6.07, 6.45) is 6.18. The van der Waals surface area contributed by atoms with Gasteiger partial charge in [0, 0.05) is 19.6 Å². The fourth-order valence-corrected chi connectivity index (χ4v) is 3.46. The molecule has 4 heteroatoms. The molecule has 1 heterocycles. The molecule has 0 atom stereocenters. The molecule has 0 bridgehead atoms. The van der Waals surface area contributed by atoms with Gasteiger partial charge in [-0.05, 0) is 30.2 Å². The Morgan fingerprint density at radius 1 is 1.19 bits per heavy atom. The van der Waals surface area contributed by atoms with Gasteiger partial charge < -0.3 is 10.6 Å². The quantitative estimate of drug-likeness (QED) is 0.878. The highest BCUT2D eigenvalue weighted by molar-refractivity contribution is 5.85. The van der Waals surface area contributed by atoms with Gasteiger partial charge in [0.15, 0.2) is 0 Å². The molecule has 1 aliphatic heterocycles. The average Bonchev–Trinajstić information content (AvgIpc) is 2.85. The first-order valence-electron chi connectivity index (χ1n) is 7.80. The first-order valence-corrected chi connectivity index (χ1v) is 7.80. The zero-order valence-corrected chi connectivity index (χ0v) is 13.3. The Hall–Kier alpha value is -1.06. The number of halogens is 1.